The molecule has 2 heterocycles. The van der Waals surface area contributed by atoms with E-state index in [1.807, 2.05) is 4.57 Å². The number of ether oxygens (including phenoxy) is 2. The van der Waals surface area contributed by atoms with Crippen LogP contribution in [0.5, 0.6) is 0 Å². The number of hydrogen-bond donors (Lipinski definition) is 0. The van der Waals surface area contributed by atoms with Gasteiger partial charge in [0.25, 0.3) is 0 Å². The van der Waals surface area contributed by atoms with E-state index in [0.29, 0.717) is 43.5 Å². The molecule has 5 nitrogen and oxygen atoms in total. The maximum absolute atomic E-state index is 13.5. The summed E-state index contributed by atoms with van der Waals surface area (Å²) in [4.78, 5) is 17.2. The van der Waals surface area contributed by atoms with Crippen LogP contribution in [0.1, 0.15) is 19.3 Å². The van der Waals surface area contributed by atoms with E-state index >= 15 is 0 Å². The minimum atomic E-state index is -0.289. The Labute approximate surface area is 143 Å². The zero-order valence-corrected chi connectivity index (χ0v) is 14.5. The molecule has 0 aliphatic carbocycles. The lowest BCUT2D eigenvalue weighted by atomic mass is 9.96. The van der Waals surface area contributed by atoms with E-state index in [1.165, 1.54) is 23.5 Å². The molecule has 0 saturated carbocycles. The van der Waals surface area contributed by atoms with Crippen molar-refractivity contribution in [3.8, 4) is 0 Å². The lowest BCUT2D eigenvalue weighted by Crippen LogP contribution is -2.22. The molecule has 2 aromatic rings. The Balaban J connectivity index is 1.89. The summed E-state index contributed by atoms with van der Waals surface area (Å²) in [7, 11) is 1.63. The molecule has 1 aliphatic heterocycles. The second kappa shape index (κ2) is 8.00. The van der Waals surface area contributed by atoms with Gasteiger partial charge in [-0.3, -0.25) is 4.79 Å². The smallest absolute Gasteiger partial charge is 0.248 e. The lowest BCUT2D eigenvalue weighted by Gasteiger charge is -2.20. The predicted octanol–water partition coefficient (Wildman–Crippen LogP) is 2.73. The summed E-state index contributed by atoms with van der Waals surface area (Å²) < 4.78 is 26.6. The Morgan fingerprint density at radius 1 is 1.46 bits per heavy atom. The molecule has 1 saturated heterocycles. The van der Waals surface area contributed by atoms with Crippen LogP contribution in [0.3, 0.4) is 0 Å². The van der Waals surface area contributed by atoms with E-state index in [2.05, 4.69) is 4.99 Å². The number of rotatable bonds is 5. The first-order valence-corrected chi connectivity index (χ1v) is 8.92. The number of benzene rings is 1. The maximum Gasteiger partial charge on any atom is 0.248 e. The summed E-state index contributed by atoms with van der Waals surface area (Å²) in [5.74, 6) is -0.0722. The van der Waals surface area contributed by atoms with Crippen molar-refractivity contribution in [3.05, 3.63) is 28.8 Å². The Morgan fingerprint density at radius 2 is 2.25 bits per heavy atom. The minimum Gasteiger partial charge on any atom is -0.383 e. The quantitative estimate of drug-likeness (QED) is 0.831. The summed E-state index contributed by atoms with van der Waals surface area (Å²) >= 11 is 1.33. The summed E-state index contributed by atoms with van der Waals surface area (Å²) in [6.07, 6.45) is 2.25. The second-order valence-electron chi connectivity index (χ2n) is 5.91. The number of aromatic nitrogens is 1. The highest BCUT2D eigenvalue weighted by Gasteiger charge is 2.17. The fraction of sp³-hybridized carbons (Fsp3) is 0.529. The number of hydrogen-bond acceptors (Lipinski definition) is 4. The molecule has 0 N–H and O–H groups in total. The molecule has 1 amide bonds. The van der Waals surface area contributed by atoms with E-state index in [1.54, 1.807) is 13.2 Å². The van der Waals surface area contributed by atoms with Crippen molar-refractivity contribution in [1.29, 1.82) is 0 Å². The van der Waals surface area contributed by atoms with Gasteiger partial charge in [0.15, 0.2) is 4.80 Å². The van der Waals surface area contributed by atoms with E-state index in [9.17, 15) is 9.18 Å². The zero-order chi connectivity index (χ0) is 16.9. The number of halogens is 1. The third-order valence-corrected chi connectivity index (χ3v) is 5.23. The Morgan fingerprint density at radius 3 is 3.00 bits per heavy atom. The molecule has 1 aliphatic rings. The lowest BCUT2D eigenvalue weighted by molar-refractivity contribution is -0.119. The summed E-state index contributed by atoms with van der Waals surface area (Å²) in [6, 6.07) is 4.62. The van der Waals surface area contributed by atoms with Gasteiger partial charge in [0.05, 0.1) is 16.8 Å². The monoisotopic (exact) mass is 352 g/mol. The summed E-state index contributed by atoms with van der Waals surface area (Å²) in [5.41, 5.74) is 0.871. The van der Waals surface area contributed by atoms with Crippen molar-refractivity contribution in [2.75, 3.05) is 26.9 Å². The molecule has 1 aromatic heterocycles. The van der Waals surface area contributed by atoms with E-state index in [0.717, 1.165) is 23.1 Å². The van der Waals surface area contributed by atoms with Gasteiger partial charge in [-0.2, -0.15) is 4.99 Å². The fourth-order valence-corrected chi connectivity index (χ4v) is 3.98. The number of carbonyl (C=O) groups is 1. The molecule has 7 heteroatoms. The van der Waals surface area contributed by atoms with E-state index in [-0.39, 0.29) is 11.7 Å². The molecule has 0 radical (unpaired) electrons. The normalized spacial score (nSPS) is 16.8. The average Bonchev–Trinajstić information content (AvgIpc) is 2.89. The third-order valence-electron chi connectivity index (χ3n) is 4.19. The van der Waals surface area contributed by atoms with Crippen LogP contribution < -0.4 is 4.80 Å². The molecule has 0 bridgehead atoms. The minimum absolute atomic E-state index is 0.125. The fourth-order valence-electron chi connectivity index (χ4n) is 2.88. The first-order valence-electron chi connectivity index (χ1n) is 8.10. The standard InChI is InChI=1S/C17H21FN2O3S/c1-22-9-6-20-14-3-2-13(18)11-15(14)24-17(20)19-16(21)10-12-4-7-23-8-5-12/h2-3,11-12H,4-10H2,1H3. The van der Waals surface area contributed by atoms with Gasteiger partial charge in [-0.1, -0.05) is 11.3 Å². The van der Waals surface area contributed by atoms with Gasteiger partial charge >= 0.3 is 0 Å². The molecule has 0 spiro atoms. The number of methoxy groups -OCH3 is 1. The Kier molecular flexibility index (Phi) is 5.76. The van der Waals surface area contributed by atoms with Gasteiger partial charge in [-0.05, 0) is 37.0 Å². The van der Waals surface area contributed by atoms with Gasteiger partial charge in [0.2, 0.25) is 5.91 Å². The van der Waals surface area contributed by atoms with Gasteiger partial charge in [-0.25, -0.2) is 4.39 Å². The Hall–Kier alpha value is -1.57. The summed E-state index contributed by atoms with van der Waals surface area (Å²) in [5, 5.41) is 0. The van der Waals surface area contributed by atoms with Crippen LogP contribution >= 0.6 is 11.3 Å². The molecule has 0 unspecified atom stereocenters. The third kappa shape index (κ3) is 4.09. The van der Waals surface area contributed by atoms with Crippen LogP contribution in [0.2, 0.25) is 0 Å². The van der Waals surface area contributed by atoms with Crippen LogP contribution in [0.15, 0.2) is 23.2 Å². The zero-order valence-electron chi connectivity index (χ0n) is 13.7. The highest BCUT2D eigenvalue weighted by molar-refractivity contribution is 7.16. The van der Waals surface area contributed by atoms with E-state index < -0.39 is 0 Å². The van der Waals surface area contributed by atoms with Gasteiger partial charge in [-0.15, -0.1) is 0 Å². The van der Waals surface area contributed by atoms with E-state index in [4.69, 9.17) is 9.47 Å². The van der Waals surface area contributed by atoms with Crippen molar-refractivity contribution in [1.82, 2.24) is 4.57 Å². The van der Waals surface area contributed by atoms with Crippen LogP contribution in [-0.4, -0.2) is 37.4 Å². The van der Waals surface area contributed by atoms with Gasteiger partial charge < -0.3 is 14.0 Å². The van der Waals surface area contributed by atoms with Crippen molar-refractivity contribution in [2.45, 2.75) is 25.8 Å². The molecular formula is C17H21FN2O3S. The van der Waals surface area contributed by atoms with Crippen LogP contribution in [-0.2, 0) is 20.8 Å². The predicted molar refractivity (Wildman–Crippen MR) is 90.4 cm³/mol. The van der Waals surface area contributed by atoms with Crippen LogP contribution in [0.4, 0.5) is 4.39 Å². The Bertz CT molecular complexity index is 778. The van der Waals surface area contributed by atoms with Gasteiger partial charge in [0.1, 0.15) is 5.82 Å². The van der Waals surface area contributed by atoms with Crippen molar-refractivity contribution < 1.29 is 18.7 Å². The SMILES string of the molecule is COCCn1c(=NC(=O)CC2CCOCC2)sc2cc(F)ccc21. The average molecular weight is 352 g/mol. The van der Waals surface area contributed by atoms with Gasteiger partial charge in [0, 0.05) is 33.3 Å². The molecule has 24 heavy (non-hydrogen) atoms. The van der Waals surface area contributed by atoms with Crippen LogP contribution in [0.25, 0.3) is 10.2 Å². The number of thiazole rings is 1. The maximum atomic E-state index is 13.5. The molecule has 1 fully saturated rings. The number of carbonyl (C=O) groups excluding carboxylic acids is 1. The topological polar surface area (TPSA) is 52.8 Å². The molecule has 0 atom stereocenters. The molecule has 130 valence electrons. The largest absolute Gasteiger partial charge is 0.383 e. The summed E-state index contributed by atoms with van der Waals surface area (Å²) in [6.45, 7) is 2.51. The highest BCUT2D eigenvalue weighted by atomic mass is 32.1. The molecule has 3 rings (SSSR count). The van der Waals surface area contributed by atoms with Crippen molar-refractivity contribution in [3.63, 3.8) is 0 Å². The first kappa shape index (κ1) is 17.3. The van der Waals surface area contributed by atoms with Crippen LogP contribution in [0, 0.1) is 11.7 Å². The second-order valence-corrected chi connectivity index (χ2v) is 6.92. The number of fused-ring (bicyclic) bond motifs is 1. The first-order chi connectivity index (χ1) is 11.7. The highest BCUT2D eigenvalue weighted by Crippen LogP contribution is 2.20. The number of amides is 1. The molecule has 1 aromatic carbocycles. The van der Waals surface area contributed by atoms with Crippen molar-refractivity contribution in [2.24, 2.45) is 10.9 Å². The molecular weight excluding hydrogens is 331 g/mol. The number of nitrogens with zero attached hydrogens (tertiary/aromatic N) is 2. The van der Waals surface area contributed by atoms with Crippen molar-refractivity contribution >= 4 is 27.5 Å².